The van der Waals surface area contributed by atoms with Crippen molar-refractivity contribution in [2.45, 2.75) is 0 Å². The van der Waals surface area contributed by atoms with Gasteiger partial charge in [-0.05, 0) is 90.6 Å². The third-order valence-electron chi connectivity index (χ3n) is 8.21. The molecule has 0 aliphatic carbocycles. The van der Waals surface area contributed by atoms with Crippen molar-refractivity contribution in [2.24, 2.45) is 0 Å². The molecule has 0 unspecified atom stereocenters. The maximum Gasteiger partial charge on any atom is 0.0468 e. The maximum absolute atomic E-state index is 2.33. The van der Waals surface area contributed by atoms with Gasteiger partial charge in [0.05, 0.1) is 0 Å². The number of nitrogens with zero attached hydrogens (tertiary/aromatic N) is 1. The van der Waals surface area contributed by atoms with E-state index in [2.05, 4.69) is 169 Å². The zero-order chi connectivity index (χ0) is 27.2. The van der Waals surface area contributed by atoms with Crippen LogP contribution in [-0.2, 0) is 0 Å². The van der Waals surface area contributed by atoms with Crippen molar-refractivity contribution in [1.29, 1.82) is 0 Å². The average Bonchev–Trinajstić information content (AvgIpc) is 3.05. The van der Waals surface area contributed by atoms with Crippen LogP contribution in [0.25, 0.3) is 54.2 Å². The van der Waals surface area contributed by atoms with Crippen molar-refractivity contribution in [1.82, 2.24) is 0 Å². The number of benzene rings is 8. The molecular formula is C40H27N. The molecule has 0 radical (unpaired) electrons. The summed E-state index contributed by atoms with van der Waals surface area (Å²) in [6, 6.07) is 59.2. The molecule has 41 heavy (non-hydrogen) atoms. The summed E-state index contributed by atoms with van der Waals surface area (Å²) < 4.78 is 0. The highest BCUT2D eigenvalue weighted by molar-refractivity contribution is 6.20. The second-order valence-electron chi connectivity index (χ2n) is 10.6. The number of hydrogen-bond donors (Lipinski definition) is 0. The minimum Gasteiger partial charge on any atom is -0.310 e. The van der Waals surface area contributed by atoms with Crippen molar-refractivity contribution in [3.05, 3.63) is 164 Å². The van der Waals surface area contributed by atoms with Crippen LogP contribution in [0.3, 0.4) is 0 Å². The molecule has 0 heterocycles. The molecule has 0 aromatic heterocycles. The van der Waals surface area contributed by atoms with Gasteiger partial charge in [0, 0.05) is 17.1 Å². The Kier molecular flexibility index (Phi) is 5.53. The zero-order valence-corrected chi connectivity index (χ0v) is 22.5. The molecule has 0 N–H and O–H groups in total. The van der Waals surface area contributed by atoms with Gasteiger partial charge in [-0.3, -0.25) is 0 Å². The third kappa shape index (κ3) is 4.02. The zero-order valence-electron chi connectivity index (χ0n) is 22.5. The number of para-hydroxylation sites is 1. The molecule has 1 nitrogen and oxygen atoms in total. The standard InChI is InChI=1S/C40H27N/c1-2-13-33(14-3-1)41(35-24-17-28-9-4-5-11-32(28)27-35)34-22-18-30(19-23-34)37-16-8-12-31-21-25-38-36-15-7-6-10-29(36)20-26-39(38)40(31)37/h1-27H. The number of fused-ring (bicyclic) bond motifs is 6. The minimum atomic E-state index is 1.13. The quantitative estimate of drug-likeness (QED) is 0.208. The summed E-state index contributed by atoms with van der Waals surface area (Å²) in [5, 5.41) is 10.2. The fraction of sp³-hybridized carbons (Fsp3) is 0. The van der Waals surface area contributed by atoms with E-state index in [0.29, 0.717) is 0 Å². The van der Waals surface area contributed by atoms with E-state index in [1.54, 1.807) is 0 Å². The molecule has 8 aromatic rings. The molecular weight excluding hydrogens is 494 g/mol. The molecule has 1 heteroatoms. The summed E-state index contributed by atoms with van der Waals surface area (Å²) in [6.45, 7) is 0. The van der Waals surface area contributed by atoms with Crippen LogP contribution in [0.2, 0.25) is 0 Å². The van der Waals surface area contributed by atoms with Crippen LogP contribution >= 0.6 is 0 Å². The first-order valence-electron chi connectivity index (χ1n) is 14.1. The fourth-order valence-corrected chi connectivity index (χ4v) is 6.25. The van der Waals surface area contributed by atoms with Crippen LogP contribution in [-0.4, -0.2) is 0 Å². The second-order valence-corrected chi connectivity index (χ2v) is 10.6. The summed E-state index contributed by atoms with van der Waals surface area (Å²) >= 11 is 0. The Balaban J connectivity index is 1.28. The maximum atomic E-state index is 2.33. The first-order chi connectivity index (χ1) is 20.3. The largest absolute Gasteiger partial charge is 0.310 e. The lowest BCUT2D eigenvalue weighted by atomic mass is 9.91. The lowest BCUT2D eigenvalue weighted by Crippen LogP contribution is -2.09. The van der Waals surface area contributed by atoms with Gasteiger partial charge in [0.2, 0.25) is 0 Å². The van der Waals surface area contributed by atoms with Crippen LogP contribution in [0.5, 0.6) is 0 Å². The van der Waals surface area contributed by atoms with E-state index in [1.165, 1.54) is 54.2 Å². The monoisotopic (exact) mass is 521 g/mol. The normalized spacial score (nSPS) is 11.4. The molecule has 0 aliphatic heterocycles. The molecule has 0 atom stereocenters. The highest BCUT2D eigenvalue weighted by Crippen LogP contribution is 2.40. The Morgan fingerprint density at radius 1 is 0.317 bits per heavy atom. The van der Waals surface area contributed by atoms with Gasteiger partial charge in [-0.1, -0.05) is 127 Å². The second kappa shape index (κ2) is 9.66. The van der Waals surface area contributed by atoms with Crippen LogP contribution in [0.15, 0.2) is 164 Å². The van der Waals surface area contributed by atoms with Crippen molar-refractivity contribution in [3.63, 3.8) is 0 Å². The van der Waals surface area contributed by atoms with Gasteiger partial charge in [0.1, 0.15) is 0 Å². The lowest BCUT2D eigenvalue weighted by molar-refractivity contribution is 1.29. The Bertz CT molecular complexity index is 2190. The first kappa shape index (κ1) is 23.5. The van der Waals surface area contributed by atoms with E-state index in [0.717, 1.165) is 17.1 Å². The highest BCUT2D eigenvalue weighted by atomic mass is 15.1. The fourth-order valence-electron chi connectivity index (χ4n) is 6.25. The molecule has 8 rings (SSSR count). The summed E-state index contributed by atoms with van der Waals surface area (Å²) in [4.78, 5) is 2.33. The smallest absolute Gasteiger partial charge is 0.0468 e. The first-order valence-corrected chi connectivity index (χ1v) is 14.1. The molecule has 0 fully saturated rings. The van der Waals surface area contributed by atoms with E-state index < -0.39 is 0 Å². The Hall–Kier alpha value is -5.40. The highest BCUT2D eigenvalue weighted by Gasteiger charge is 2.14. The van der Waals surface area contributed by atoms with E-state index in [9.17, 15) is 0 Å². The van der Waals surface area contributed by atoms with Crippen molar-refractivity contribution in [3.8, 4) is 11.1 Å². The van der Waals surface area contributed by atoms with Crippen molar-refractivity contribution >= 4 is 60.2 Å². The molecule has 0 bridgehead atoms. The third-order valence-corrected chi connectivity index (χ3v) is 8.21. The Morgan fingerprint density at radius 3 is 1.78 bits per heavy atom. The van der Waals surface area contributed by atoms with E-state index in [1.807, 2.05) is 0 Å². The summed E-state index contributed by atoms with van der Waals surface area (Å²) in [5.41, 5.74) is 5.88. The van der Waals surface area contributed by atoms with Gasteiger partial charge in [0.25, 0.3) is 0 Å². The van der Waals surface area contributed by atoms with Crippen LogP contribution in [0, 0.1) is 0 Å². The number of rotatable bonds is 4. The van der Waals surface area contributed by atoms with E-state index in [4.69, 9.17) is 0 Å². The summed E-state index contributed by atoms with van der Waals surface area (Å²) in [6.07, 6.45) is 0. The summed E-state index contributed by atoms with van der Waals surface area (Å²) in [7, 11) is 0. The van der Waals surface area contributed by atoms with Crippen LogP contribution in [0.1, 0.15) is 0 Å². The number of hydrogen-bond acceptors (Lipinski definition) is 1. The van der Waals surface area contributed by atoms with Gasteiger partial charge in [-0.15, -0.1) is 0 Å². The molecule has 0 amide bonds. The Labute approximate surface area is 239 Å². The van der Waals surface area contributed by atoms with Crippen molar-refractivity contribution < 1.29 is 0 Å². The SMILES string of the molecule is c1ccc(N(c2ccc(-c3cccc4ccc5c6ccccc6ccc5c34)cc2)c2ccc3ccccc3c2)cc1. The lowest BCUT2D eigenvalue weighted by Gasteiger charge is -2.26. The van der Waals surface area contributed by atoms with E-state index >= 15 is 0 Å². The predicted molar refractivity (Wildman–Crippen MR) is 177 cm³/mol. The molecule has 0 saturated heterocycles. The molecule has 0 saturated carbocycles. The van der Waals surface area contributed by atoms with E-state index in [-0.39, 0.29) is 0 Å². The van der Waals surface area contributed by atoms with Gasteiger partial charge < -0.3 is 4.90 Å². The average molecular weight is 522 g/mol. The van der Waals surface area contributed by atoms with Crippen LogP contribution < -0.4 is 4.90 Å². The summed E-state index contributed by atoms with van der Waals surface area (Å²) in [5.74, 6) is 0. The van der Waals surface area contributed by atoms with Gasteiger partial charge in [-0.25, -0.2) is 0 Å². The van der Waals surface area contributed by atoms with Gasteiger partial charge in [-0.2, -0.15) is 0 Å². The molecule has 0 aliphatic rings. The molecule has 0 spiro atoms. The molecule has 8 aromatic carbocycles. The molecule has 192 valence electrons. The van der Waals surface area contributed by atoms with Gasteiger partial charge in [0.15, 0.2) is 0 Å². The van der Waals surface area contributed by atoms with Gasteiger partial charge >= 0.3 is 0 Å². The van der Waals surface area contributed by atoms with Crippen molar-refractivity contribution in [2.75, 3.05) is 4.90 Å². The Morgan fingerprint density at radius 2 is 0.927 bits per heavy atom. The number of anilines is 3. The minimum absolute atomic E-state index is 1.13. The predicted octanol–water partition coefficient (Wildman–Crippen LogP) is 11.4. The van der Waals surface area contributed by atoms with Crippen LogP contribution in [0.4, 0.5) is 17.1 Å². The topological polar surface area (TPSA) is 3.24 Å².